The molecule has 0 atom stereocenters. The SMILES string of the molecule is COc1ccc(C(C)=O)cc1S(=O)(=O)N(C)C. The quantitative estimate of drug-likeness (QED) is 0.759. The van der Waals surface area contributed by atoms with E-state index in [0.29, 0.717) is 5.56 Å². The monoisotopic (exact) mass is 257 g/mol. The first-order valence-corrected chi connectivity index (χ1v) is 6.36. The largest absolute Gasteiger partial charge is 0.495 e. The van der Waals surface area contributed by atoms with Crippen LogP contribution in [0.5, 0.6) is 5.75 Å². The molecule has 17 heavy (non-hydrogen) atoms. The fourth-order valence-corrected chi connectivity index (χ4v) is 2.37. The maximum atomic E-state index is 12.0. The Kier molecular flexibility index (Phi) is 3.90. The molecule has 0 aliphatic heterocycles. The van der Waals surface area contributed by atoms with E-state index in [1.54, 1.807) is 0 Å². The predicted octanol–water partition coefficient (Wildman–Crippen LogP) is 1.15. The van der Waals surface area contributed by atoms with Crippen molar-refractivity contribution in [3.05, 3.63) is 23.8 Å². The van der Waals surface area contributed by atoms with Crippen LogP contribution in [-0.2, 0) is 10.0 Å². The van der Waals surface area contributed by atoms with E-state index in [2.05, 4.69) is 0 Å². The molecule has 0 amide bonds. The molecule has 0 radical (unpaired) electrons. The van der Waals surface area contributed by atoms with E-state index < -0.39 is 10.0 Å². The van der Waals surface area contributed by atoms with Gasteiger partial charge in [-0.05, 0) is 25.1 Å². The minimum atomic E-state index is -3.62. The minimum Gasteiger partial charge on any atom is -0.495 e. The molecule has 1 aromatic carbocycles. The Morgan fingerprint density at radius 3 is 2.29 bits per heavy atom. The molecule has 0 aromatic heterocycles. The van der Waals surface area contributed by atoms with Crippen LogP contribution in [-0.4, -0.2) is 39.7 Å². The minimum absolute atomic E-state index is 0.00213. The molecule has 5 nitrogen and oxygen atoms in total. The summed E-state index contributed by atoms with van der Waals surface area (Å²) in [7, 11) is 0.618. The van der Waals surface area contributed by atoms with Crippen molar-refractivity contribution in [3.63, 3.8) is 0 Å². The lowest BCUT2D eigenvalue weighted by molar-refractivity contribution is 0.101. The van der Waals surface area contributed by atoms with Gasteiger partial charge in [-0.2, -0.15) is 0 Å². The molecule has 0 aliphatic carbocycles. The average molecular weight is 257 g/mol. The average Bonchev–Trinajstić information content (AvgIpc) is 2.27. The molecule has 0 unspecified atom stereocenters. The molecule has 0 saturated carbocycles. The van der Waals surface area contributed by atoms with Gasteiger partial charge in [-0.15, -0.1) is 0 Å². The lowest BCUT2D eigenvalue weighted by Crippen LogP contribution is -2.23. The van der Waals surface area contributed by atoms with Gasteiger partial charge < -0.3 is 4.74 Å². The second-order valence-corrected chi connectivity index (χ2v) is 5.83. The Labute approximate surface area is 101 Å². The zero-order valence-electron chi connectivity index (χ0n) is 10.2. The van der Waals surface area contributed by atoms with Gasteiger partial charge in [-0.1, -0.05) is 0 Å². The fourth-order valence-electron chi connectivity index (χ4n) is 1.29. The number of sulfonamides is 1. The Morgan fingerprint density at radius 1 is 1.29 bits per heavy atom. The van der Waals surface area contributed by atoms with Crippen molar-refractivity contribution >= 4 is 15.8 Å². The summed E-state index contributed by atoms with van der Waals surface area (Å²) in [5.41, 5.74) is 0.339. The molecule has 1 aromatic rings. The lowest BCUT2D eigenvalue weighted by Gasteiger charge is -2.15. The van der Waals surface area contributed by atoms with Crippen LogP contribution in [0.4, 0.5) is 0 Å². The standard InChI is InChI=1S/C11H15NO4S/c1-8(13)9-5-6-10(16-4)11(7-9)17(14,15)12(2)3/h5-7H,1-4H3. The van der Waals surface area contributed by atoms with Gasteiger partial charge >= 0.3 is 0 Å². The van der Waals surface area contributed by atoms with Crippen LogP contribution < -0.4 is 4.74 Å². The van der Waals surface area contributed by atoms with Gasteiger partial charge in [0.15, 0.2) is 5.78 Å². The number of carbonyl (C=O) groups is 1. The summed E-state index contributed by atoms with van der Waals surface area (Å²) >= 11 is 0. The molecular weight excluding hydrogens is 242 g/mol. The third kappa shape index (κ3) is 2.65. The molecule has 6 heteroatoms. The summed E-state index contributed by atoms with van der Waals surface area (Å²) in [4.78, 5) is 11.2. The van der Waals surface area contributed by atoms with Crippen molar-refractivity contribution in [2.24, 2.45) is 0 Å². The first kappa shape index (κ1) is 13.7. The molecule has 1 rings (SSSR count). The fraction of sp³-hybridized carbons (Fsp3) is 0.364. The lowest BCUT2D eigenvalue weighted by atomic mass is 10.1. The molecule has 0 bridgehead atoms. The summed E-state index contributed by atoms with van der Waals surface area (Å²) in [6, 6.07) is 4.35. The normalized spacial score (nSPS) is 11.6. The number of hydrogen-bond acceptors (Lipinski definition) is 4. The Morgan fingerprint density at radius 2 is 1.88 bits per heavy atom. The Hall–Kier alpha value is -1.40. The van der Waals surface area contributed by atoms with Crippen molar-refractivity contribution in [2.45, 2.75) is 11.8 Å². The molecule has 0 fully saturated rings. The third-order valence-electron chi connectivity index (χ3n) is 2.33. The van der Waals surface area contributed by atoms with Gasteiger partial charge in [-0.25, -0.2) is 12.7 Å². The first-order valence-electron chi connectivity index (χ1n) is 4.92. The van der Waals surface area contributed by atoms with Crippen LogP contribution in [0.25, 0.3) is 0 Å². The van der Waals surface area contributed by atoms with E-state index >= 15 is 0 Å². The first-order chi connectivity index (χ1) is 7.80. The number of methoxy groups -OCH3 is 1. The molecule has 0 N–H and O–H groups in total. The van der Waals surface area contributed by atoms with Gasteiger partial charge in [0.2, 0.25) is 10.0 Å². The van der Waals surface area contributed by atoms with Crippen molar-refractivity contribution in [1.29, 1.82) is 0 Å². The maximum Gasteiger partial charge on any atom is 0.246 e. The number of Topliss-reactive ketones (excluding diaryl/α,β-unsaturated/α-hetero) is 1. The summed E-state index contributed by atoms with van der Waals surface area (Å²) in [5.74, 6) is 0.0339. The highest BCUT2D eigenvalue weighted by Gasteiger charge is 2.23. The number of ether oxygens (including phenoxy) is 1. The van der Waals surface area contributed by atoms with Gasteiger partial charge in [0.05, 0.1) is 7.11 Å². The van der Waals surface area contributed by atoms with Gasteiger partial charge in [-0.3, -0.25) is 4.79 Å². The molecule has 0 aliphatic rings. The van der Waals surface area contributed by atoms with E-state index in [9.17, 15) is 13.2 Å². The molecule has 0 spiro atoms. The number of ketones is 1. The number of rotatable bonds is 4. The van der Waals surface area contributed by atoms with Crippen molar-refractivity contribution in [1.82, 2.24) is 4.31 Å². The molecule has 0 saturated heterocycles. The zero-order chi connectivity index (χ0) is 13.2. The van der Waals surface area contributed by atoms with Crippen molar-refractivity contribution in [3.8, 4) is 5.75 Å². The van der Waals surface area contributed by atoms with E-state index in [-0.39, 0.29) is 16.4 Å². The number of nitrogens with zero attached hydrogens (tertiary/aromatic N) is 1. The van der Waals surface area contributed by atoms with E-state index in [1.807, 2.05) is 0 Å². The van der Waals surface area contributed by atoms with E-state index in [4.69, 9.17) is 4.74 Å². The zero-order valence-corrected chi connectivity index (χ0v) is 11.0. The van der Waals surface area contributed by atoms with Crippen LogP contribution in [0.1, 0.15) is 17.3 Å². The molecule has 94 valence electrons. The summed E-state index contributed by atoms with van der Waals surface area (Å²) in [5, 5.41) is 0. The second-order valence-electron chi connectivity index (χ2n) is 3.71. The number of benzene rings is 1. The Balaban J connectivity index is 3.49. The highest BCUT2D eigenvalue weighted by atomic mass is 32.2. The van der Waals surface area contributed by atoms with Gasteiger partial charge in [0.1, 0.15) is 10.6 Å². The van der Waals surface area contributed by atoms with Gasteiger partial charge in [0, 0.05) is 19.7 Å². The van der Waals surface area contributed by atoms with Crippen LogP contribution in [0.15, 0.2) is 23.1 Å². The summed E-state index contributed by atoms with van der Waals surface area (Å²) in [6.45, 7) is 1.38. The second kappa shape index (κ2) is 4.85. The van der Waals surface area contributed by atoms with Crippen LogP contribution in [0.3, 0.4) is 0 Å². The van der Waals surface area contributed by atoms with Crippen LogP contribution >= 0.6 is 0 Å². The molecular formula is C11H15NO4S. The summed E-state index contributed by atoms with van der Waals surface area (Å²) < 4.78 is 30.1. The summed E-state index contributed by atoms with van der Waals surface area (Å²) in [6.07, 6.45) is 0. The highest BCUT2D eigenvalue weighted by Crippen LogP contribution is 2.26. The van der Waals surface area contributed by atoms with Gasteiger partial charge in [0.25, 0.3) is 0 Å². The Bertz CT molecular complexity index is 534. The number of hydrogen-bond donors (Lipinski definition) is 0. The van der Waals surface area contributed by atoms with Crippen molar-refractivity contribution in [2.75, 3.05) is 21.2 Å². The third-order valence-corrected chi connectivity index (χ3v) is 4.17. The maximum absolute atomic E-state index is 12.0. The number of carbonyl (C=O) groups excluding carboxylic acids is 1. The van der Waals surface area contributed by atoms with E-state index in [0.717, 1.165) is 4.31 Å². The highest BCUT2D eigenvalue weighted by molar-refractivity contribution is 7.89. The van der Waals surface area contributed by atoms with Crippen molar-refractivity contribution < 1.29 is 17.9 Å². The van der Waals surface area contributed by atoms with Crippen LogP contribution in [0.2, 0.25) is 0 Å². The predicted molar refractivity (Wildman–Crippen MR) is 63.9 cm³/mol. The van der Waals surface area contributed by atoms with E-state index in [1.165, 1.54) is 46.3 Å². The topological polar surface area (TPSA) is 63.7 Å². The molecule has 0 heterocycles. The smallest absolute Gasteiger partial charge is 0.246 e. The van der Waals surface area contributed by atoms with Crippen LogP contribution in [0, 0.1) is 0 Å².